The Morgan fingerprint density at radius 1 is 0.778 bits per heavy atom. The maximum absolute atomic E-state index is 4.41. The van der Waals surface area contributed by atoms with Crippen LogP contribution in [0.25, 0.3) is 0 Å². The molecule has 1 aliphatic rings. The van der Waals surface area contributed by atoms with Crippen LogP contribution in [-0.4, -0.2) is 15.1 Å². The normalized spacial score (nSPS) is 15.3. The van der Waals surface area contributed by atoms with Gasteiger partial charge in [-0.05, 0) is 57.1 Å². The van der Waals surface area contributed by atoms with Crippen molar-refractivity contribution in [3.05, 3.63) is 83.7 Å². The van der Waals surface area contributed by atoms with Gasteiger partial charge in [-0.1, -0.05) is 61.6 Å². The minimum absolute atomic E-state index is 0.250. The molecule has 4 heteroatoms. The molecule has 0 unspecified atom stereocenters. The zero-order chi connectivity index (χ0) is 19.8. The molecule has 27 heavy (non-hydrogen) atoms. The van der Waals surface area contributed by atoms with Crippen molar-refractivity contribution in [3.8, 4) is 0 Å². The van der Waals surface area contributed by atoms with Crippen LogP contribution in [0.2, 0.25) is 25.6 Å². The fourth-order valence-corrected chi connectivity index (χ4v) is 5.24. The Balaban J connectivity index is 2.12. The van der Waals surface area contributed by atoms with E-state index in [4.69, 9.17) is 0 Å². The van der Waals surface area contributed by atoms with Crippen molar-refractivity contribution in [2.45, 2.75) is 46.4 Å². The van der Waals surface area contributed by atoms with Crippen LogP contribution in [0.1, 0.15) is 18.1 Å². The van der Waals surface area contributed by atoms with Crippen molar-refractivity contribution in [2.75, 3.05) is 9.62 Å². The number of aryl methyl sites for hydroxylation is 2. The first-order valence-electron chi connectivity index (χ1n) is 9.75. The summed E-state index contributed by atoms with van der Waals surface area (Å²) in [6.07, 6.45) is 2.21. The van der Waals surface area contributed by atoms with E-state index in [-0.39, 0.29) is 6.98 Å². The van der Waals surface area contributed by atoms with E-state index in [1.807, 2.05) is 0 Å². The van der Waals surface area contributed by atoms with E-state index in [1.165, 1.54) is 34.1 Å². The highest BCUT2D eigenvalue weighted by Gasteiger charge is 2.40. The molecule has 0 N–H and O–H groups in total. The second-order valence-electron chi connectivity index (χ2n) is 8.93. The summed E-state index contributed by atoms with van der Waals surface area (Å²) in [5, 5.41) is 0. The SMILES string of the molecule is C=C1C=C(C)N(c2ccc(C)cc2)B(C[Si](C)(C)C)N1c1ccc(C)cc1. The van der Waals surface area contributed by atoms with Gasteiger partial charge in [0.25, 0.3) is 0 Å². The van der Waals surface area contributed by atoms with E-state index in [0.717, 1.165) is 5.70 Å². The predicted octanol–water partition coefficient (Wildman–Crippen LogP) is 6.41. The maximum Gasteiger partial charge on any atom is 0.381 e. The number of nitrogens with zero attached hydrogens (tertiary/aromatic N) is 2. The minimum atomic E-state index is -1.33. The van der Waals surface area contributed by atoms with Crippen LogP contribution in [-0.2, 0) is 0 Å². The molecule has 1 aliphatic heterocycles. The standard InChI is InChI=1S/C23H31BN2Si/c1-18-8-12-22(13-9-18)25-20(3)16-21(4)26(24(25)17-27(5,6)7)23-14-10-19(2)11-15-23/h8-16H,3,17H2,1-2,4-7H3. The van der Waals surface area contributed by atoms with Crippen LogP contribution >= 0.6 is 0 Å². The van der Waals surface area contributed by atoms with Gasteiger partial charge in [-0.15, -0.1) is 0 Å². The average molecular weight is 374 g/mol. The lowest BCUT2D eigenvalue weighted by Crippen LogP contribution is -2.57. The van der Waals surface area contributed by atoms with Crippen molar-refractivity contribution >= 4 is 26.4 Å². The molecule has 2 nitrogen and oxygen atoms in total. The number of benzene rings is 2. The number of anilines is 2. The molecule has 0 spiro atoms. The topological polar surface area (TPSA) is 6.48 Å². The molecule has 0 atom stereocenters. The van der Waals surface area contributed by atoms with Gasteiger partial charge in [0.2, 0.25) is 0 Å². The summed E-state index contributed by atoms with van der Waals surface area (Å²) in [7, 11) is -1.33. The van der Waals surface area contributed by atoms with Gasteiger partial charge in [0.05, 0.1) is 0 Å². The van der Waals surface area contributed by atoms with Gasteiger partial charge in [-0.3, -0.25) is 0 Å². The largest absolute Gasteiger partial charge is 0.381 e. The Labute approximate surface area is 166 Å². The molecule has 1 heterocycles. The molecule has 0 saturated carbocycles. The van der Waals surface area contributed by atoms with Crippen LogP contribution in [0, 0.1) is 13.8 Å². The monoisotopic (exact) mass is 374 g/mol. The molecule has 0 fully saturated rings. The van der Waals surface area contributed by atoms with E-state index in [1.54, 1.807) is 0 Å². The highest BCUT2D eigenvalue weighted by molar-refractivity contribution is 6.90. The van der Waals surface area contributed by atoms with Crippen molar-refractivity contribution < 1.29 is 0 Å². The first kappa shape index (κ1) is 19.6. The Bertz CT molecular complexity index is 847. The van der Waals surface area contributed by atoms with Gasteiger partial charge in [0.15, 0.2) is 0 Å². The third-order valence-electron chi connectivity index (χ3n) is 5.08. The van der Waals surface area contributed by atoms with E-state index in [9.17, 15) is 0 Å². The lowest BCUT2D eigenvalue weighted by atomic mass is 9.69. The van der Waals surface area contributed by atoms with E-state index in [0.29, 0.717) is 0 Å². The molecule has 0 bridgehead atoms. The molecule has 140 valence electrons. The highest BCUT2D eigenvalue weighted by atomic mass is 28.3. The number of allylic oxidation sites excluding steroid dienone is 2. The number of hydrogen-bond acceptors (Lipinski definition) is 2. The summed E-state index contributed by atoms with van der Waals surface area (Å²) in [6, 6.07) is 17.7. The fourth-order valence-electron chi connectivity index (χ4n) is 3.78. The van der Waals surface area contributed by atoms with Gasteiger partial charge >= 0.3 is 6.98 Å². The molecule has 2 aromatic rings. The first-order chi connectivity index (χ1) is 12.7. The Hall–Kier alpha value is -2.20. The van der Waals surface area contributed by atoms with Crippen LogP contribution < -0.4 is 9.62 Å². The highest BCUT2D eigenvalue weighted by Crippen LogP contribution is 2.35. The van der Waals surface area contributed by atoms with E-state index < -0.39 is 8.07 Å². The maximum atomic E-state index is 4.41. The van der Waals surface area contributed by atoms with Crippen LogP contribution in [0.5, 0.6) is 0 Å². The molecule has 0 aromatic heterocycles. The van der Waals surface area contributed by atoms with Crippen molar-refractivity contribution in [1.29, 1.82) is 0 Å². The first-order valence-corrected chi connectivity index (χ1v) is 13.5. The lowest BCUT2D eigenvalue weighted by molar-refractivity contribution is 1.10. The quantitative estimate of drug-likeness (QED) is 0.570. The number of rotatable bonds is 4. The summed E-state index contributed by atoms with van der Waals surface area (Å²) in [6.45, 7) is 18.5. The van der Waals surface area contributed by atoms with Crippen molar-refractivity contribution in [2.24, 2.45) is 0 Å². The Kier molecular flexibility index (Phi) is 5.39. The predicted molar refractivity (Wildman–Crippen MR) is 124 cm³/mol. The van der Waals surface area contributed by atoms with Crippen LogP contribution in [0.4, 0.5) is 11.4 Å². The molecular weight excluding hydrogens is 343 g/mol. The van der Waals surface area contributed by atoms with E-state index in [2.05, 4.69) is 111 Å². The van der Waals surface area contributed by atoms with Gasteiger partial charge in [0, 0.05) is 30.8 Å². The Morgan fingerprint density at radius 2 is 1.22 bits per heavy atom. The second kappa shape index (κ2) is 7.43. The number of hydrogen-bond donors (Lipinski definition) is 0. The van der Waals surface area contributed by atoms with Crippen LogP contribution in [0.3, 0.4) is 0 Å². The smallest absolute Gasteiger partial charge is 0.369 e. The summed E-state index contributed by atoms with van der Waals surface area (Å²) in [5.41, 5.74) is 7.37. The summed E-state index contributed by atoms with van der Waals surface area (Å²) >= 11 is 0. The van der Waals surface area contributed by atoms with Gasteiger partial charge in [-0.25, -0.2) is 0 Å². The molecule has 2 aromatic carbocycles. The minimum Gasteiger partial charge on any atom is -0.369 e. The van der Waals surface area contributed by atoms with Crippen molar-refractivity contribution in [1.82, 2.24) is 0 Å². The zero-order valence-corrected chi connectivity index (χ0v) is 18.6. The zero-order valence-electron chi connectivity index (χ0n) is 17.6. The molecule has 3 rings (SSSR count). The van der Waals surface area contributed by atoms with Gasteiger partial charge in [-0.2, -0.15) is 0 Å². The molecule has 0 radical (unpaired) electrons. The third-order valence-corrected chi connectivity index (χ3v) is 6.67. The molecule has 0 saturated heterocycles. The van der Waals surface area contributed by atoms with Gasteiger partial charge < -0.3 is 9.62 Å². The third kappa shape index (κ3) is 4.38. The molecule has 0 aliphatic carbocycles. The van der Waals surface area contributed by atoms with Crippen LogP contribution in [0.15, 0.2) is 72.6 Å². The Morgan fingerprint density at radius 3 is 1.67 bits per heavy atom. The molecule has 0 amide bonds. The summed E-state index contributed by atoms with van der Waals surface area (Å²) in [5.74, 6) is 1.17. The fraction of sp³-hybridized carbons (Fsp3) is 0.304. The summed E-state index contributed by atoms with van der Waals surface area (Å²) in [4.78, 5) is 4.91. The molecular formula is C23H31BN2Si. The van der Waals surface area contributed by atoms with E-state index >= 15 is 0 Å². The van der Waals surface area contributed by atoms with Crippen molar-refractivity contribution in [3.63, 3.8) is 0 Å². The lowest BCUT2D eigenvalue weighted by Gasteiger charge is -2.45. The second-order valence-corrected chi connectivity index (χ2v) is 14.5. The average Bonchev–Trinajstić information content (AvgIpc) is 2.56. The summed E-state index contributed by atoms with van der Waals surface area (Å²) < 4.78 is 0. The van der Waals surface area contributed by atoms with Gasteiger partial charge in [0.1, 0.15) is 0 Å².